The Hall–Kier alpha value is -0.930. The van der Waals surface area contributed by atoms with Crippen LogP contribution in [0, 0.1) is 11.7 Å². The second-order valence-electron chi connectivity index (χ2n) is 5.39. The number of halogens is 1. The van der Waals surface area contributed by atoms with E-state index in [4.69, 9.17) is 5.73 Å². The van der Waals surface area contributed by atoms with Crippen molar-refractivity contribution in [2.45, 2.75) is 31.7 Å². The molecule has 1 aromatic rings. The summed E-state index contributed by atoms with van der Waals surface area (Å²) < 4.78 is 12.8. The summed E-state index contributed by atoms with van der Waals surface area (Å²) in [5.74, 6) is 0.656. The Morgan fingerprint density at radius 3 is 2.53 bits per heavy atom. The van der Waals surface area contributed by atoms with Crippen LogP contribution >= 0.6 is 0 Å². The maximum atomic E-state index is 12.8. The van der Waals surface area contributed by atoms with Crippen LogP contribution in [0.5, 0.6) is 0 Å². The number of hydrogen-bond acceptors (Lipinski definition) is 2. The van der Waals surface area contributed by atoms with Crippen LogP contribution in [-0.4, -0.2) is 18.6 Å². The molecule has 1 aliphatic carbocycles. The molecule has 1 aromatic carbocycles. The fourth-order valence-electron chi connectivity index (χ4n) is 1.97. The van der Waals surface area contributed by atoms with Gasteiger partial charge in [0.1, 0.15) is 5.82 Å². The van der Waals surface area contributed by atoms with E-state index in [2.05, 4.69) is 12.2 Å². The van der Waals surface area contributed by atoms with Crippen molar-refractivity contribution in [3.8, 4) is 0 Å². The van der Waals surface area contributed by atoms with Gasteiger partial charge in [0, 0.05) is 12.1 Å². The van der Waals surface area contributed by atoms with Crippen molar-refractivity contribution in [3.63, 3.8) is 0 Å². The lowest BCUT2D eigenvalue weighted by Crippen LogP contribution is -2.51. The highest BCUT2D eigenvalue weighted by Gasteiger charge is 2.27. The quantitative estimate of drug-likeness (QED) is 0.793. The maximum absolute atomic E-state index is 12.8. The van der Waals surface area contributed by atoms with E-state index >= 15 is 0 Å². The van der Waals surface area contributed by atoms with E-state index < -0.39 is 0 Å². The molecule has 3 N–H and O–H groups in total. The van der Waals surface area contributed by atoms with Crippen molar-refractivity contribution in [1.82, 2.24) is 5.32 Å². The molecule has 1 aliphatic rings. The molecule has 3 heteroatoms. The fourth-order valence-corrected chi connectivity index (χ4v) is 1.97. The molecule has 94 valence electrons. The molecule has 2 nitrogen and oxygen atoms in total. The molecule has 0 bridgehead atoms. The summed E-state index contributed by atoms with van der Waals surface area (Å²) in [5, 5.41) is 3.55. The zero-order valence-corrected chi connectivity index (χ0v) is 10.4. The minimum atomic E-state index is -0.186. The predicted octanol–water partition coefficient (Wildman–Crippen LogP) is 2.09. The van der Waals surface area contributed by atoms with Gasteiger partial charge in [-0.25, -0.2) is 4.39 Å². The zero-order valence-electron chi connectivity index (χ0n) is 10.4. The Kier molecular flexibility index (Phi) is 3.79. The SMILES string of the molecule is CC(CN)(Cc1ccc(F)cc1)NCC1CC1. The van der Waals surface area contributed by atoms with Gasteiger partial charge in [-0.1, -0.05) is 12.1 Å². The second-order valence-corrected chi connectivity index (χ2v) is 5.39. The molecular formula is C14H21FN2. The van der Waals surface area contributed by atoms with Crippen LogP contribution in [0.25, 0.3) is 0 Å². The minimum Gasteiger partial charge on any atom is -0.329 e. The smallest absolute Gasteiger partial charge is 0.123 e. The van der Waals surface area contributed by atoms with E-state index in [0.29, 0.717) is 6.54 Å². The van der Waals surface area contributed by atoms with Gasteiger partial charge in [-0.15, -0.1) is 0 Å². The topological polar surface area (TPSA) is 38.0 Å². The van der Waals surface area contributed by atoms with Crippen LogP contribution in [0.15, 0.2) is 24.3 Å². The van der Waals surface area contributed by atoms with Crippen molar-refractivity contribution in [2.75, 3.05) is 13.1 Å². The summed E-state index contributed by atoms with van der Waals surface area (Å²) >= 11 is 0. The summed E-state index contributed by atoms with van der Waals surface area (Å²) in [6.45, 7) is 3.78. The van der Waals surface area contributed by atoms with Crippen LogP contribution in [0.4, 0.5) is 4.39 Å². The van der Waals surface area contributed by atoms with E-state index in [0.717, 1.165) is 24.4 Å². The summed E-state index contributed by atoms with van der Waals surface area (Å²) in [7, 11) is 0. The molecule has 1 fully saturated rings. The highest BCUT2D eigenvalue weighted by atomic mass is 19.1. The predicted molar refractivity (Wildman–Crippen MR) is 68.3 cm³/mol. The number of rotatable bonds is 6. The first-order valence-electron chi connectivity index (χ1n) is 6.31. The van der Waals surface area contributed by atoms with Gasteiger partial charge in [0.25, 0.3) is 0 Å². The number of benzene rings is 1. The highest BCUT2D eigenvalue weighted by Crippen LogP contribution is 2.28. The molecule has 0 radical (unpaired) electrons. The summed E-state index contributed by atoms with van der Waals surface area (Å²) in [6, 6.07) is 6.68. The monoisotopic (exact) mass is 236 g/mol. The minimum absolute atomic E-state index is 0.0829. The van der Waals surface area contributed by atoms with Gasteiger partial charge >= 0.3 is 0 Å². The van der Waals surface area contributed by atoms with Crippen LogP contribution in [0.2, 0.25) is 0 Å². The molecule has 1 unspecified atom stereocenters. The Balaban J connectivity index is 1.94. The van der Waals surface area contributed by atoms with E-state index in [9.17, 15) is 4.39 Å². The first kappa shape index (κ1) is 12.5. The maximum Gasteiger partial charge on any atom is 0.123 e. The number of nitrogens with two attached hydrogens (primary N) is 1. The van der Waals surface area contributed by atoms with Crippen molar-refractivity contribution < 1.29 is 4.39 Å². The Labute approximate surface area is 102 Å². The molecule has 0 saturated heterocycles. The van der Waals surface area contributed by atoms with Crippen LogP contribution < -0.4 is 11.1 Å². The molecule has 2 rings (SSSR count). The van der Waals surface area contributed by atoms with Gasteiger partial charge in [0.15, 0.2) is 0 Å². The molecule has 0 amide bonds. The largest absolute Gasteiger partial charge is 0.329 e. The van der Waals surface area contributed by atoms with Crippen molar-refractivity contribution >= 4 is 0 Å². The normalized spacial score (nSPS) is 19.0. The van der Waals surface area contributed by atoms with Gasteiger partial charge in [-0.3, -0.25) is 0 Å². The van der Waals surface area contributed by atoms with Gasteiger partial charge in [-0.05, 0) is 56.3 Å². The van der Waals surface area contributed by atoms with E-state index in [1.54, 1.807) is 0 Å². The summed E-state index contributed by atoms with van der Waals surface area (Å²) in [6.07, 6.45) is 3.52. The molecule has 0 aromatic heterocycles. The Bertz CT molecular complexity index is 359. The van der Waals surface area contributed by atoms with Crippen molar-refractivity contribution in [1.29, 1.82) is 0 Å². The van der Waals surface area contributed by atoms with Crippen molar-refractivity contribution in [3.05, 3.63) is 35.6 Å². The van der Waals surface area contributed by atoms with Gasteiger partial charge in [-0.2, -0.15) is 0 Å². The van der Waals surface area contributed by atoms with Crippen LogP contribution in [-0.2, 0) is 6.42 Å². The lowest BCUT2D eigenvalue weighted by molar-refractivity contribution is 0.355. The molecule has 0 spiro atoms. The molecule has 17 heavy (non-hydrogen) atoms. The number of nitrogens with one attached hydrogen (secondary N) is 1. The third-order valence-electron chi connectivity index (χ3n) is 3.47. The first-order chi connectivity index (χ1) is 8.11. The molecular weight excluding hydrogens is 215 g/mol. The molecule has 1 atom stereocenters. The van der Waals surface area contributed by atoms with Gasteiger partial charge in [0.05, 0.1) is 0 Å². The molecule has 1 saturated carbocycles. The van der Waals surface area contributed by atoms with E-state index in [-0.39, 0.29) is 11.4 Å². The Morgan fingerprint density at radius 1 is 1.35 bits per heavy atom. The average Bonchev–Trinajstić information content (AvgIpc) is 3.14. The van der Waals surface area contributed by atoms with E-state index in [1.165, 1.54) is 25.0 Å². The van der Waals surface area contributed by atoms with E-state index in [1.807, 2.05) is 12.1 Å². The lowest BCUT2D eigenvalue weighted by atomic mass is 9.92. The van der Waals surface area contributed by atoms with Gasteiger partial charge in [0.2, 0.25) is 0 Å². The van der Waals surface area contributed by atoms with Gasteiger partial charge < -0.3 is 11.1 Å². The first-order valence-corrected chi connectivity index (χ1v) is 6.31. The fraction of sp³-hybridized carbons (Fsp3) is 0.571. The summed E-state index contributed by atoms with van der Waals surface area (Å²) in [4.78, 5) is 0. The highest BCUT2D eigenvalue weighted by molar-refractivity contribution is 5.19. The number of hydrogen-bond donors (Lipinski definition) is 2. The summed E-state index contributed by atoms with van der Waals surface area (Å²) in [5.41, 5.74) is 6.90. The molecule has 0 heterocycles. The average molecular weight is 236 g/mol. The Morgan fingerprint density at radius 2 is 2.00 bits per heavy atom. The van der Waals surface area contributed by atoms with Crippen LogP contribution in [0.1, 0.15) is 25.3 Å². The lowest BCUT2D eigenvalue weighted by Gasteiger charge is -2.30. The standard InChI is InChI=1S/C14H21FN2/c1-14(10-16,17-9-12-2-3-12)8-11-4-6-13(15)7-5-11/h4-7,12,17H,2-3,8-10,16H2,1H3. The third-order valence-corrected chi connectivity index (χ3v) is 3.47. The van der Waals surface area contributed by atoms with Crippen LogP contribution in [0.3, 0.4) is 0 Å². The molecule has 0 aliphatic heterocycles. The van der Waals surface area contributed by atoms with Crippen molar-refractivity contribution in [2.24, 2.45) is 11.7 Å². The third kappa shape index (κ3) is 3.79. The zero-order chi connectivity index (χ0) is 12.3. The second kappa shape index (κ2) is 5.15.